The maximum atomic E-state index is 11.9. The van der Waals surface area contributed by atoms with Crippen molar-refractivity contribution in [3.8, 4) is 0 Å². The first-order valence-corrected chi connectivity index (χ1v) is 5.48. The van der Waals surface area contributed by atoms with Crippen LogP contribution in [0.5, 0.6) is 0 Å². The number of benzene rings is 1. The third-order valence-corrected chi connectivity index (χ3v) is 2.38. The Labute approximate surface area is 101 Å². The summed E-state index contributed by atoms with van der Waals surface area (Å²) < 4.78 is 0. The molecular weight excluding hydrogens is 216 g/mol. The van der Waals surface area contributed by atoms with E-state index in [1.165, 1.54) is 0 Å². The normalized spacial score (nSPS) is 9.94. The highest BCUT2D eigenvalue weighted by Gasteiger charge is 2.12. The quantitative estimate of drug-likeness (QED) is 0.606. The lowest BCUT2D eigenvalue weighted by molar-refractivity contribution is -0.136. The van der Waals surface area contributed by atoms with Gasteiger partial charge in [0, 0.05) is 12.0 Å². The van der Waals surface area contributed by atoms with Crippen LogP contribution in [0.15, 0.2) is 36.4 Å². The van der Waals surface area contributed by atoms with Gasteiger partial charge in [0.15, 0.2) is 5.78 Å². The molecule has 1 N–H and O–H groups in total. The fraction of sp³-hybridized carbons (Fsp3) is 0.286. The molecule has 1 rings (SSSR count). The van der Waals surface area contributed by atoms with Crippen molar-refractivity contribution in [1.29, 1.82) is 0 Å². The molecule has 0 amide bonds. The lowest BCUT2D eigenvalue weighted by Crippen LogP contribution is -2.07. The standard InChI is InChI=1S/C14H16O3/c1-10(2)9-11-5-3-4-6-12(11)13(15)7-8-14(16)17/h3-6H,1,7-9H2,2H3,(H,16,17). The zero-order chi connectivity index (χ0) is 12.8. The highest BCUT2D eigenvalue weighted by molar-refractivity contribution is 5.98. The number of hydrogen-bond acceptors (Lipinski definition) is 2. The third kappa shape index (κ3) is 4.23. The fourth-order valence-corrected chi connectivity index (χ4v) is 1.63. The number of aliphatic carboxylic acids is 1. The van der Waals surface area contributed by atoms with E-state index in [1.807, 2.05) is 19.1 Å². The van der Waals surface area contributed by atoms with E-state index in [4.69, 9.17) is 5.11 Å². The minimum absolute atomic E-state index is 0.0442. The highest BCUT2D eigenvalue weighted by atomic mass is 16.4. The van der Waals surface area contributed by atoms with Crippen LogP contribution in [0.1, 0.15) is 35.7 Å². The summed E-state index contributed by atoms with van der Waals surface area (Å²) in [5, 5.41) is 8.56. The van der Waals surface area contributed by atoms with Gasteiger partial charge in [-0.2, -0.15) is 0 Å². The number of Topliss-reactive ketones (excluding diaryl/α,β-unsaturated/α-hetero) is 1. The number of carboxylic acid groups (broad SMARTS) is 1. The SMILES string of the molecule is C=C(C)Cc1ccccc1C(=O)CCC(=O)O. The Kier molecular flexibility index (Phi) is 4.64. The fourth-order valence-electron chi connectivity index (χ4n) is 1.63. The molecule has 0 fully saturated rings. The molecule has 90 valence electrons. The topological polar surface area (TPSA) is 54.4 Å². The number of rotatable bonds is 6. The van der Waals surface area contributed by atoms with E-state index in [1.54, 1.807) is 12.1 Å². The van der Waals surface area contributed by atoms with Crippen LogP contribution in [0, 0.1) is 0 Å². The van der Waals surface area contributed by atoms with Crippen LogP contribution >= 0.6 is 0 Å². The Morgan fingerprint density at radius 1 is 1.24 bits per heavy atom. The van der Waals surface area contributed by atoms with Crippen LogP contribution < -0.4 is 0 Å². The summed E-state index contributed by atoms with van der Waals surface area (Å²) in [5.74, 6) is -1.07. The molecule has 17 heavy (non-hydrogen) atoms. The summed E-state index contributed by atoms with van der Waals surface area (Å²) in [6, 6.07) is 7.27. The second-order valence-electron chi connectivity index (χ2n) is 4.11. The maximum Gasteiger partial charge on any atom is 0.303 e. The Morgan fingerprint density at radius 2 is 1.88 bits per heavy atom. The molecule has 0 spiro atoms. The molecule has 0 heterocycles. The molecular formula is C14H16O3. The Balaban J connectivity index is 2.85. The van der Waals surface area contributed by atoms with Gasteiger partial charge in [-0.1, -0.05) is 36.4 Å². The lowest BCUT2D eigenvalue weighted by Gasteiger charge is -2.07. The second-order valence-corrected chi connectivity index (χ2v) is 4.11. The summed E-state index contributed by atoms with van der Waals surface area (Å²) in [6.45, 7) is 5.72. The van der Waals surface area contributed by atoms with Gasteiger partial charge in [-0.15, -0.1) is 0 Å². The molecule has 0 aromatic heterocycles. The van der Waals surface area contributed by atoms with Gasteiger partial charge in [0.1, 0.15) is 0 Å². The summed E-state index contributed by atoms with van der Waals surface area (Å²) in [7, 11) is 0. The van der Waals surface area contributed by atoms with Crippen molar-refractivity contribution in [3.63, 3.8) is 0 Å². The van der Waals surface area contributed by atoms with Crippen molar-refractivity contribution in [3.05, 3.63) is 47.5 Å². The van der Waals surface area contributed by atoms with E-state index in [9.17, 15) is 9.59 Å². The van der Waals surface area contributed by atoms with E-state index in [2.05, 4.69) is 6.58 Å². The lowest BCUT2D eigenvalue weighted by atomic mass is 9.96. The molecule has 0 atom stereocenters. The molecule has 0 bridgehead atoms. The minimum Gasteiger partial charge on any atom is -0.481 e. The van der Waals surface area contributed by atoms with Crippen molar-refractivity contribution < 1.29 is 14.7 Å². The van der Waals surface area contributed by atoms with Gasteiger partial charge in [0.25, 0.3) is 0 Å². The maximum absolute atomic E-state index is 11.9. The van der Waals surface area contributed by atoms with Crippen LogP contribution in [0.3, 0.4) is 0 Å². The van der Waals surface area contributed by atoms with Crippen LogP contribution in [-0.2, 0) is 11.2 Å². The van der Waals surface area contributed by atoms with E-state index in [0.29, 0.717) is 12.0 Å². The smallest absolute Gasteiger partial charge is 0.303 e. The number of carbonyl (C=O) groups is 2. The summed E-state index contributed by atoms with van der Waals surface area (Å²) >= 11 is 0. The molecule has 0 radical (unpaired) electrons. The summed E-state index contributed by atoms with van der Waals surface area (Å²) in [5.41, 5.74) is 2.50. The minimum atomic E-state index is -0.948. The van der Waals surface area contributed by atoms with Crippen molar-refractivity contribution >= 4 is 11.8 Å². The van der Waals surface area contributed by atoms with Crippen LogP contribution in [0.4, 0.5) is 0 Å². The zero-order valence-electron chi connectivity index (χ0n) is 9.90. The van der Waals surface area contributed by atoms with Gasteiger partial charge >= 0.3 is 5.97 Å². The molecule has 1 aromatic carbocycles. The van der Waals surface area contributed by atoms with Crippen molar-refractivity contribution in [2.24, 2.45) is 0 Å². The van der Waals surface area contributed by atoms with E-state index in [-0.39, 0.29) is 18.6 Å². The van der Waals surface area contributed by atoms with Gasteiger partial charge in [-0.05, 0) is 18.9 Å². The van der Waals surface area contributed by atoms with Gasteiger partial charge < -0.3 is 5.11 Å². The van der Waals surface area contributed by atoms with E-state index >= 15 is 0 Å². The predicted molar refractivity (Wildman–Crippen MR) is 66.2 cm³/mol. The average Bonchev–Trinajstić information content (AvgIpc) is 2.25. The molecule has 0 unspecified atom stereocenters. The van der Waals surface area contributed by atoms with Gasteiger partial charge in [0.05, 0.1) is 6.42 Å². The largest absolute Gasteiger partial charge is 0.481 e. The first-order chi connectivity index (χ1) is 8.00. The molecule has 0 saturated carbocycles. The number of hydrogen-bond donors (Lipinski definition) is 1. The molecule has 3 nitrogen and oxygen atoms in total. The molecule has 0 aliphatic carbocycles. The average molecular weight is 232 g/mol. The van der Waals surface area contributed by atoms with Crippen molar-refractivity contribution in [1.82, 2.24) is 0 Å². The number of allylic oxidation sites excluding steroid dienone is 1. The highest BCUT2D eigenvalue weighted by Crippen LogP contribution is 2.15. The van der Waals surface area contributed by atoms with Gasteiger partial charge in [0.2, 0.25) is 0 Å². The number of carboxylic acids is 1. The Bertz CT molecular complexity index is 447. The van der Waals surface area contributed by atoms with E-state index < -0.39 is 5.97 Å². The number of ketones is 1. The summed E-state index contributed by atoms with van der Waals surface area (Å²) in [6.07, 6.45) is 0.567. The molecule has 1 aromatic rings. The molecule has 0 aliphatic rings. The third-order valence-electron chi connectivity index (χ3n) is 2.38. The molecule has 0 saturated heterocycles. The van der Waals surface area contributed by atoms with Crippen LogP contribution in [0.2, 0.25) is 0 Å². The molecule has 0 aliphatic heterocycles. The van der Waals surface area contributed by atoms with Crippen LogP contribution in [-0.4, -0.2) is 16.9 Å². The summed E-state index contributed by atoms with van der Waals surface area (Å²) in [4.78, 5) is 22.3. The van der Waals surface area contributed by atoms with Crippen molar-refractivity contribution in [2.75, 3.05) is 0 Å². The Hall–Kier alpha value is -1.90. The first-order valence-electron chi connectivity index (χ1n) is 5.48. The zero-order valence-corrected chi connectivity index (χ0v) is 9.90. The van der Waals surface area contributed by atoms with Gasteiger partial charge in [-0.3, -0.25) is 9.59 Å². The predicted octanol–water partition coefficient (Wildman–Crippen LogP) is 2.85. The van der Waals surface area contributed by atoms with Gasteiger partial charge in [-0.25, -0.2) is 0 Å². The molecule has 3 heteroatoms. The second kappa shape index (κ2) is 5.99. The monoisotopic (exact) mass is 232 g/mol. The van der Waals surface area contributed by atoms with Crippen molar-refractivity contribution in [2.45, 2.75) is 26.2 Å². The Morgan fingerprint density at radius 3 is 2.47 bits per heavy atom. The van der Waals surface area contributed by atoms with E-state index in [0.717, 1.165) is 11.1 Å². The number of carbonyl (C=O) groups excluding carboxylic acids is 1. The first kappa shape index (κ1) is 13.2. The van der Waals surface area contributed by atoms with Crippen LogP contribution in [0.25, 0.3) is 0 Å².